The lowest BCUT2D eigenvalue weighted by Gasteiger charge is -2.15. The van der Waals surface area contributed by atoms with Crippen molar-refractivity contribution in [3.63, 3.8) is 0 Å². The summed E-state index contributed by atoms with van der Waals surface area (Å²) in [5.74, 6) is 0.226. The Morgan fingerprint density at radius 1 is 1.20 bits per heavy atom. The quantitative estimate of drug-likeness (QED) is 0.603. The fourth-order valence-electron chi connectivity index (χ4n) is 2.00. The van der Waals surface area contributed by atoms with E-state index < -0.39 is 0 Å². The van der Waals surface area contributed by atoms with Gasteiger partial charge in [0, 0.05) is 25.6 Å². The molecule has 0 aromatic carbocycles. The maximum Gasteiger partial charge on any atom is 0.224 e. The molecule has 1 saturated heterocycles. The summed E-state index contributed by atoms with van der Waals surface area (Å²) in [4.78, 5) is 13.3. The highest BCUT2D eigenvalue weighted by molar-refractivity contribution is 5.79. The van der Waals surface area contributed by atoms with E-state index in [9.17, 15) is 4.79 Å². The molecule has 1 fully saturated rings. The fourth-order valence-corrected chi connectivity index (χ4v) is 2.00. The summed E-state index contributed by atoms with van der Waals surface area (Å²) in [7, 11) is 0. The molecule has 4 nitrogen and oxygen atoms in total. The predicted octanol–water partition coefficient (Wildman–Crippen LogP) is 0.455. The molecule has 1 heterocycles. The first-order valence-corrected chi connectivity index (χ1v) is 5.97. The normalized spacial score (nSPS) is 21.3. The van der Waals surface area contributed by atoms with Crippen LogP contribution in [0.3, 0.4) is 0 Å². The average molecular weight is 213 g/mol. The second-order valence-electron chi connectivity index (χ2n) is 4.36. The second kappa shape index (κ2) is 6.80. The van der Waals surface area contributed by atoms with Gasteiger partial charge in [-0.15, -0.1) is 0 Å². The maximum atomic E-state index is 11.4. The van der Waals surface area contributed by atoms with Crippen LogP contribution in [0, 0.1) is 0 Å². The molecule has 1 unspecified atom stereocenters. The van der Waals surface area contributed by atoms with Gasteiger partial charge < -0.3 is 16.4 Å². The number of amides is 1. The summed E-state index contributed by atoms with van der Waals surface area (Å²) in [5.41, 5.74) is 11.1. The second-order valence-corrected chi connectivity index (χ2v) is 4.36. The topological polar surface area (TPSA) is 72.3 Å². The summed E-state index contributed by atoms with van der Waals surface area (Å²) < 4.78 is 0. The Balaban J connectivity index is 1.98. The van der Waals surface area contributed by atoms with Gasteiger partial charge in [-0.1, -0.05) is 19.3 Å². The van der Waals surface area contributed by atoms with Crippen LogP contribution in [0.15, 0.2) is 0 Å². The zero-order valence-corrected chi connectivity index (χ0v) is 9.45. The van der Waals surface area contributed by atoms with Crippen molar-refractivity contribution in [2.75, 3.05) is 19.6 Å². The van der Waals surface area contributed by atoms with E-state index in [0.29, 0.717) is 6.42 Å². The van der Waals surface area contributed by atoms with Gasteiger partial charge in [0.25, 0.3) is 0 Å². The zero-order valence-electron chi connectivity index (χ0n) is 9.45. The van der Waals surface area contributed by atoms with Gasteiger partial charge in [-0.3, -0.25) is 4.79 Å². The van der Waals surface area contributed by atoms with Crippen LogP contribution in [-0.4, -0.2) is 36.5 Å². The predicted molar refractivity (Wildman–Crippen MR) is 61.3 cm³/mol. The van der Waals surface area contributed by atoms with Crippen LogP contribution in [0.25, 0.3) is 0 Å². The average Bonchev–Trinajstić information content (AvgIpc) is 2.51. The van der Waals surface area contributed by atoms with E-state index in [0.717, 1.165) is 32.5 Å². The third-order valence-corrected chi connectivity index (χ3v) is 2.88. The van der Waals surface area contributed by atoms with E-state index in [4.69, 9.17) is 11.5 Å². The van der Waals surface area contributed by atoms with Gasteiger partial charge in [-0.2, -0.15) is 0 Å². The van der Waals surface area contributed by atoms with Gasteiger partial charge in [0.15, 0.2) is 0 Å². The van der Waals surface area contributed by atoms with Gasteiger partial charge in [0.1, 0.15) is 0 Å². The number of likely N-dealkylation sites (tertiary alicyclic amines) is 1. The third kappa shape index (κ3) is 4.62. The minimum Gasteiger partial charge on any atom is -0.341 e. The molecule has 15 heavy (non-hydrogen) atoms. The van der Waals surface area contributed by atoms with Crippen LogP contribution < -0.4 is 11.5 Å². The molecule has 1 amide bonds. The number of hydrogen-bond donors (Lipinski definition) is 2. The SMILES string of the molecule is NCCCCCCCN1CC(N)CC1=O. The lowest BCUT2D eigenvalue weighted by Crippen LogP contribution is -2.29. The van der Waals surface area contributed by atoms with Crippen molar-refractivity contribution in [3.05, 3.63) is 0 Å². The molecule has 1 aliphatic rings. The van der Waals surface area contributed by atoms with E-state index in [2.05, 4.69) is 0 Å². The fraction of sp³-hybridized carbons (Fsp3) is 0.909. The zero-order chi connectivity index (χ0) is 11.1. The van der Waals surface area contributed by atoms with Crippen LogP contribution in [0.5, 0.6) is 0 Å². The molecular formula is C11H23N3O. The van der Waals surface area contributed by atoms with E-state index in [1.54, 1.807) is 0 Å². The van der Waals surface area contributed by atoms with E-state index >= 15 is 0 Å². The van der Waals surface area contributed by atoms with Crippen LogP contribution in [0.4, 0.5) is 0 Å². The Morgan fingerprint density at radius 3 is 2.47 bits per heavy atom. The molecule has 4 N–H and O–H groups in total. The Kier molecular flexibility index (Phi) is 5.65. The number of unbranched alkanes of at least 4 members (excludes halogenated alkanes) is 4. The minimum atomic E-state index is 0.0646. The largest absolute Gasteiger partial charge is 0.341 e. The molecule has 0 spiro atoms. The lowest BCUT2D eigenvalue weighted by molar-refractivity contribution is -0.127. The van der Waals surface area contributed by atoms with E-state index in [-0.39, 0.29) is 11.9 Å². The monoisotopic (exact) mass is 213 g/mol. The smallest absolute Gasteiger partial charge is 0.224 e. The van der Waals surface area contributed by atoms with Crippen molar-refractivity contribution in [1.29, 1.82) is 0 Å². The van der Waals surface area contributed by atoms with Gasteiger partial charge >= 0.3 is 0 Å². The van der Waals surface area contributed by atoms with Crippen LogP contribution in [0.1, 0.15) is 38.5 Å². The summed E-state index contributed by atoms with van der Waals surface area (Å²) in [6.07, 6.45) is 6.39. The summed E-state index contributed by atoms with van der Waals surface area (Å²) in [5, 5.41) is 0. The molecule has 0 bridgehead atoms. The molecule has 88 valence electrons. The number of carbonyl (C=O) groups excluding carboxylic acids is 1. The van der Waals surface area contributed by atoms with Crippen molar-refractivity contribution >= 4 is 5.91 Å². The van der Waals surface area contributed by atoms with Gasteiger partial charge in [0.2, 0.25) is 5.91 Å². The number of nitrogens with two attached hydrogens (primary N) is 2. The Morgan fingerprint density at radius 2 is 1.87 bits per heavy atom. The Labute approximate surface area is 92.0 Å². The van der Waals surface area contributed by atoms with E-state index in [1.807, 2.05) is 4.90 Å². The van der Waals surface area contributed by atoms with Crippen molar-refractivity contribution in [1.82, 2.24) is 4.90 Å². The van der Waals surface area contributed by atoms with Gasteiger partial charge in [0.05, 0.1) is 0 Å². The Bertz CT molecular complexity index is 196. The summed E-state index contributed by atoms with van der Waals surface area (Å²) >= 11 is 0. The highest BCUT2D eigenvalue weighted by Gasteiger charge is 2.25. The van der Waals surface area contributed by atoms with Crippen molar-refractivity contribution in [2.45, 2.75) is 44.6 Å². The standard InChI is InChI=1S/C11H23N3O/c12-6-4-2-1-3-5-7-14-9-10(13)8-11(14)15/h10H,1-9,12-13H2. The summed E-state index contributed by atoms with van der Waals surface area (Å²) in [6.45, 7) is 2.43. The minimum absolute atomic E-state index is 0.0646. The molecule has 0 aromatic heterocycles. The van der Waals surface area contributed by atoms with Crippen LogP contribution >= 0.6 is 0 Å². The van der Waals surface area contributed by atoms with Crippen molar-refractivity contribution in [3.8, 4) is 0 Å². The first kappa shape index (κ1) is 12.5. The van der Waals surface area contributed by atoms with Gasteiger partial charge in [-0.25, -0.2) is 0 Å². The number of nitrogens with zero attached hydrogens (tertiary/aromatic N) is 1. The molecule has 1 rings (SSSR count). The number of rotatable bonds is 7. The van der Waals surface area contributed by atoms with E-state index in [1.165, 1.54) is 19.3 Å². The highest BCUT2D eigenvalue weighted by atomic mass is 16.2. The molecule has 4 heteroatoms. The first-order chi connectivity index (χ1) is 7.24. The third-order valence-electron chi connectivity index (χ3n) is 2.88. The molecular weight excluding hydrogens is 190 g/mol. The van der Waals surface area contributed by atoms with Crippen LogP contribution in [-0.2, 0) is 4.79 Å². The van der Waals surface area contributed by atoms with Gasteiger partial charge in [-0.05, 0) is 19.4 Å². The molecule has 0 aliphatic carbocycles. The lowest BCUT2D eigenvalue weighted by atomic mass is 10.1. The van der Waals surface area contributed by atoms with Crippen LogP contribution in [0.2, 0.25) is 0 Å². The number of hydrogen-bond acceptors (Lipinski definition) is 3. The highest BCUT2D eigenvalue weighted by Crippen LogP contribution is 2.11. The van der Waals surface area contributed by atoms with Crippen molar-refractivity contribution in [2.24, 2.45) is 11.5 Å². The van der Waals surface area contributed by atoms with Crippen molar-refractivity contribution < 1.29 is 4.79 Å². The number of carbonyl (C=O) groups is 1. The summed E-state index contributed by atoms with van der Waals surface area (Å²) in [6, 6.07) is 0.0646. The molecule has 0 saturated carbocycles. The maximum absolute atomic E-state index is 11.4. The first-order valence-electron chi connectivity index (χ1n) is 5.97. The molecule has 0 radical (unpaired) electrons. The molecule has 1 aliphatic heterocycles. The molecule has 0 aromatic rings. The Hall–Kier alpha value is -0.610. The molecule has 1 atom stereocenters.